The summed E-state index contributed by atoms with van der Waals surface area (Å²) in [6, 6.07) is 1.87. The fourth-order valence-corrected chi connectivity index (χ4v) is 2.45. The molecule has 0 aromatic carbocycles. The lowest BCUT2D eigenvalue weighted by molar-refractivity contribution is 0.242. The summed E-state index contributed by atoms with van der Waals surface area (Å²) in [5, 5.41) is 13.6. The minimum absolute atomic E-state index is 0. The number of nitrogens with two attached hydrogens (primary N) is 2. The zero-order valence-corrected chi connectivity index (χ0v) is 12.7. The van der Waals surface area contributed by atoms with Crippen LogP contribution in [-0.2, 0) is 5.79 Å². The summed E-state index contributed by atoms with van der Waals surface area (Å²) in [7, 11) is 0. The van der Waals surface area contributed by atoms with Crippen molar-refractivity contribution >= 4 is 18.2 Å². The number of aromatic amines is 1. The van der Waals surface area contributed by atoms with Gasteiger partial charge in [0.25, 0.3) is 0 Å². The number of H-pyrrole nitrogens is 1. The topological polar surface area (TPSA) is 120 Å². The molecule has 9 heteroatoms. The van der Waals surface area contributed by atoms with Crippen molar-refractivity contribution in [3.8, 4) is 0 Å². The van der Waals surface area contributed by atoms with E-state index in [0.29, 0.717) is 11.5 Å². The van der Waals surface area contributed by atoms with E-state index in [1.54, 1.807) is 0 Å². The quantitative estimate of drug-likeness (QED) is 0.473. The van der Waals surface area contributed by atoms with Crippen LogP contribution in [0, 0.1) is 6.92 Å². The average molecular weight is 313 g/mol. The molecule has 3 rings (SSSR count). The fraction of sp³-hybridized carbons (Fsp3) is 0.500. The number of hydrogen-bond donors (Lipinski definition) is 5. The summed E-state index contributed by atoms with van der Waals surface area (Å²) < 4.78 is 0. The van der Waals surface area contributed by atoms with Crippen molar-refractivity contribution in [3.05, 3.63) is 29.4 Å². The van der Waals surface area contributed by atoms with E-state index in [1.807, 2.05) is 19.1 Å². The fourth-order valence-electron chi connectivity index (χ4n) is 2.45. The van der Waals surface area contributed by atoms with Crippen LogP contribution in [0.4, 0.5) is 0 Å². The number of halogens is 1. The molecule has 1 aromatic heterocycles. The first kappa shape index (κ1) is 15.6. The first-order valence-electron chi connectivity index (χ1n) is 6.69. The molecule has 1 atom stereocenters. The van der Waals surface area contributed by atoms with E-state index in [9.17, 15) is 0 Å². The Morgan fingerprint density at radius 3 is 2.67 bits per heavy atom. The Morgan fingerprint density at radius 1 is 1.33 bits per heavy atom. The van der Waals surface area contributed by atoms with Crippen LogP contribution in [0.5, 0.6) is 0 Å². The second-order valence-electron chi connectivity index (χ2n) is 5.13. The monoisotopic (exact) mass is 312 g/mol. The van der Waals surface area contributed by atoms with Crippen molar-refractivity contribution in [1.82, 2.24) is 25.7 Å². The lowest BCUT2D eigenvalue weighted by Gasteiger charge is -2.38. The predicted molar refractivity (Wildman–Crippen MR) is 83.7 cm³/mol. The standard InChI is InChI=1S/C12H20N8.ClH/c1-8-6-9(19-18-8)12(14)16-10(13)7-11(17-12)20-4-2-15-3-5-20;/h6-7,15,17H,2-5,14H2,1H3,(H2,13,16)(H,18,19);1H. The number of amidine groups is 1. The smallest absolute Gasteiger partial charge is 0.231 e. The van der Waals surface area contributed by atoms with Crippen LogP contribution in [0.25, 0.3) is 0 Å². The summed E-state index contributed by atoms with van der Waals surface area (Å²) in [6.45, 7) is 5.61. The minimum atomic E-state index is -1.12. The number of hydrogen-bond acceptors (Lipinski definition) is 7. The third-order valence-corrected chi connectivity index (χ3v) is 3.46. The number of aliphatic imine (C=N–C) groups is 1. The molecule has 7 N–H and O–H groups in total. The SMILES string of the molecule is Cc1cc(C2(N)N=C(N)C=C(N3CCNCC3)N2)n[nH]1.Cl. The van der Waals surface area contributed by atoms with Crippen LogP contribution in [0.1, 0.15) is 11.4 Å². The van der Waals surface area contributed by atoms with E-state index in [-0.39, 0.29) is 12.4 Å². The van der Waals surface area contributed by atoms with Crippen molar-refractivity contribution in [2.24, 2.45) is 16.5 Å². The predicted octanol–water partition coefficient (Wildman–Crippen LogP) is -1.08. The lowest BCUT2D eigenvalue weighted by atomic mass is 10.2. The molecule has 2 aliphatic rings. The van der Waals surface area contributed by atoms with Gasteiger partial charge >= 0.3 is 0 Å². The van der Waals surface area contributed by atoms with Gasteiger partial charge in [-0.15, -0.1) is 12.4 Å². The Balaban J connectivity index is 0.00000161. The molecule has 1 fully saturated rings. The summed E-state index contributed by atoms with van der Waals surface area (Å²) in [5.74, 6) is 0.173. The summed E-state index contributed by atoms with van der Waals surface area (Å²) >= 11 is 0. The summed E-state index contributed by atoms with van der Waals surface area (Å²) in [5.41, 5.74) is 13.8. The number of nitrogens with one attached hydrogen (secondary N) is 3. The van der Waals surface area contributed by atoms with Gasteiger partial charge in [-0.2, -0.15) is 5.10 Å². The maximum absolute atomic E-state index is 6.34. The molecule has 3 heterocycles. The molecule has 0 spiro atoms. The van der Waals surface area contributed by atoms with Gasteiger partial charge in [-0.25, -0.2) is 4.99 Å². The minimum Gasteiger partial charge on any atom is -0.384 e. The summed E-state index contributed by atoms with van der Waals surface area (Å²) in [6.07, 6.45) is 1.82. The van der Waals surface area contributed by atoms with Crippen molar-refractivity contribution in [2.45, 2.75) is 12.7 Å². The third-order valence-electron chi connectivity index (χ3n) is 3.46. The van der Waals surface area contributed by atoms with Crippen molar-refractivity contribution < 1.29 is 0 Å². The Labute approximate surface area is 129 Å². The first-order chi connectivity index (χ1) is 9.57. The average Bonchev–Trinajstić information content (AvgIpc) is 2.86. The highest BCUT2D eigenvalue weighted by molar-refractivity contribution is 5.93. The van der Waals surface area contributed by atoms with Gasteiger partial charge in [0, 0.05) is 37.9 Å². The number of nitrogens with zero attached hydrogens (tertiary/aromatic N) is 3. The Kier molecular flexibility index (Phi) is 4.40. The molecule has 116 valence electrons. The van der Waals surface area contributed by atoms with Crippen molar-refractivity contribution in [2.75, 3.05) is 26.2 Å². The van der Waals surface area contributed by atoms with E-state index >= 15 is 0 Å². The van der Waals surface area contributed by atoms with E-state index in [2.05, 4.69) is 30.7 Å². The normalized spacial score (nSPS) is 25.5. The lowest BCUT2D eigenvalue weighted by Crippen LogP contribution is -2.57. The van der Waals surface area contributed by atoms with Crippen LogP contribution < -0.4 is 22.1 Å². The molecule has 0 saturated carbocycles. The van der Waals surface area contributed by atoms with Crippen LogP contribution >= 0.6 is 12.4 Å². The summed E-state index contributed by atoms with van der Waals surface area (Å²) in [4.78, 5) is 6.51. The first-order valence-corrected chi connectivity index (χ1v) is 6.69. The molecule has 8 nitrogen and oxygen atoms in total. The molecular formula is C12H21ClN8. The molecule has 21 heavy (non-hydrogen) atoms. The zero-order valence-electron chi connectivity index (χ0n) is 11.9. The highest BCUT2D eigenvalue weighted by Gasteiger charge is 2.34. The highest BCUT2D eigenvalue weighted by Crippen LogP contribution is 2.21. The largest absolute Gasteiger partial charge is 0.384 e. The van der Waals surface area contributed by atoms with Crippen molar-refractivity contribution in [1.29, 1.82) is 0 Å². The Bertz CT molecular complexity index is 559. The van der Waals surface area contributed by atoms with Gasteiger partial charge in [-0.3, -0.25) is 10.8 Å². The van der Waals surface area contributed by atoms with Gasteiger partial charge in [0.2, 0.25) is 5.79 Å². The second kappa shape index (κ2) is 5.92. The van der Waals surface area contributed by atoms with Gasteiger partial charge in [0.1, 0.15) is 17.4 Å². The molecule has 1 aromatic rings. The van der Waals surface area contributed by atoms with Crippen LogP contribution in [0.15, 0.2) is 23.0 Å². The maximum Gasteiger partial charge on any atom is 0.231 e. The molecular weight excluding hydrogens is 292 g/mol. The van der Waals surface area contributed by atoms with Crippen molar-refractivity contribution in [3.63, 3.8) is 0 Å². The van der Waals surface area contributed by atoms with Gasteiger partial charge in [0.15, 0.2) is 0 Å². The Hall–Kier alpha value is -1.77. The molecule has 0 radical (unpaired) electrons. The molecule has 2 aliphatic heterocycles. The zero-order chi connectivity index (χ0) is 14.2. The highest BCUT2D eigenvalue weighted by atomic mass is 35.5. The van der Waals surface area contributed by atoms with E-state index in [4.69, 9.17) is 11.5 Å². The molecule has 1 unspecified atom stereocenters. The van der Waals surface area contributed by atoms with Gasteiger partial charge in [-0.1, -0.05) is 0 Å². The van der Waals surface area contributed by atoms with E-state index in [1.165, 1.54) is 0 Å². The van der Waals surface area contributed by atoms with E-state index < -0.39 is 5.79 Å². The van der Waals surface area contributed by atoms with Crippen LogP contribution in [0.2, 0.25) is 0 Å². The number of aryl methyl sites for hydroxylation is 1. The molecule has 0 bridgehead atoms. The third kappa shape index (κ3) is 3.12. The Morgan fingerprint density at radius 2 is 2.05 bits per heavy atom. The maximum atomic E-state index is 6.34. The van der Waals surface area contributed by atoms with Gasteiger partial charge in [-0.05, 0) is 13.0 Å². The number of aromatic nitrogens is 2. The molecule has 0 aliphatic carbocycles. The van der Waals surface area contributed by atoms with E-state index in [0.717, 1.165) is 37.7 Å². The molecule has 0 amide bonds. The molecule has 1 saturated heterocycles. The van der Waals surface area contributed by atoms with Gasteiger partial charge in [0.05, 0.1) is 0 Å². The van der Waals surface area contributed by atoms with Crippen LogP contribution in [0.3, 0.4) is 0 Å². The second-order valence-corrected chi connectivity index (χ2v) is 5.13. The van der Waals surface area contributed by atoms with Crippen LogP contribution in [-0.4, -0.2) is 47.1 Å². The number of piperazine rings is 1. The number of rotatable bonds is 2. The van der Waals surface area contributed by atoms with Gasteiger partial charge < -0.3 is 21.3 Å².